The van der Waals surface area contributed by atoms with Crippen LogP contribution in [0.25, 0.3) is 16.3 Å². The number of hydrogen-bond donors (Lipinski definition) is 1. The van der Waals surface area contributed by atoms with Gasteiger partial charge in [0, 0.05) is 12.4 Å². The highest BCUT2D eigenvalue weighted by Gasteiger charge is 2.11. The standard InChI is InChI=1S/C11H9N3OS.ClH/c1-7(10(12)15)9-6-14-11(16-9)8-4-2-3-5-13-8;/h2-6H,1H2,(H2,12,15);1H. The molecule has 0 aliphatic rings. The molecular formula is C11H10ClN3OS. The second-order valence-electron chi connectivity index (χ2n) is 3.09. The number of pyridine rings is 1. The minimum Gasteiger partial charge on any atom is -0.366 e. The van der Waals surface area contributed by atoms with Crippen molar-refractivity contribution < 1.29 is 4.79 Å². The fourth-order valence-electron chi connectivity index (χ4n) is 1.14. The molecule has 0 unspecified atom stereocenters. The number of rotatable bonds is 3. The Balaban J connectivity index is 0.00000144. The predicted octanol–water partition coefficient (Wildman–Crippen LogP) is 2.13. The van der Waals surface area contributed by atoms with Crippen molar-refractivity contribution in [2.45, 2.75) is 0 Å². The molecular weight excluding hydrogens is 258 g/mol. The molecule has 2 heterocycles. The van der Waals surface area contributed by atoms with Gasteiger partial charge in [0.1, 0.15) is 5.01 Å². The lowest BCUT2D eigenvalue weighted by Gasteiger charge is -1.94. The molecule has 88 valence electrons. The number of halogens is 1. The number of amides is 1. The van der Waals surface area contributed by atoms with Gasteiger partial charge in [0.2, 0.25) is 5.91 Å². The summed E-state index contributed by atoms with van der Waals surface area (Å²) in [7, 11) is 0. The third kappa shape index (κ3) is 2.89. The Morgan fingerprint density at radius 1 is 1.35 bits per heavy atom. The highest BCUT2D eigenvalue weighted by molar-refractivity contribution is 7.16. The molecule has 0 spiro atoms. The molecule has 0 aromatic carbocycles. The highest BCUT2D eigenvalue weighted by atomic mass is 35.5. The monoisotopic (exact) mass is 267 g/mol. The molecule has 2 aromatic rings. The summed E-state index contributed by atoms with van der Waals surface area (Å²) in [5.74, 6) is -0.531. The molecule has 0 saturated heterocycles. The van der Waals surface area contributed by atoms with Crippen LogP contribution in [0.4, 0.5) is 0 Å². The Hall–Kier alpha value is -1.72. The molecule has 0 fully saturated rings. The van der Waals surface area contributed by atoms with Crippen LogP contribution in [0.3, 0.4) is 0 Å². The maximum absolute atomic E-state index is 10.9. The van der Waals surface area contributed by atoms with Crippen LogP contribution in [0.15, 0.2) is 37.2 Å². The number of carbonyl (C=O) groups excluding carboxylic acids is 1. The Bertz CT molecular complexity index is 539. The summed E-state index contributed by atoms with van der Waals surface area (Å²) < 4.78 is 0. The van der Waals surface area contributed by atoms with Gasteiger partial charge in [-0.3, -0.25) is 9.78 Å². The van der Waals surface area contributed by atoms with Gasteiger partial charge in [0.05, 0.1) is 16.1 Å². The SMILES string of the molecule is C=C(C(N)=O)c1cnc(-c2ccccn2)s1.Cl. The van der Waals surface area contributed by atoms with E-state index in [1.807, 2.05) is 18.2 Å². The number of aromatic nitrogens is 2. The molecule has 6 heteroatoms. The first kappa shape index (κ1) is 13.3. The van der Waals surface area contributed by atoms with E-state index in [9.17, 15) is 4.79 Å². The summed E-state index contributed by atoms with van der Waals surface area (Å²) in [5, 5.41) is 0.748. The lowest BCUT2D eigenvalue weighted by atomic mass is 10.3. The Morgan fingerprint density at radius 2 is 2.12 bits per heavy atom. The summed E-state index contributed by atoms with van der Waals surface area (Å²) in [6.07, 6.45) is 3.28. The molecule has 2 N–H and O–H groups in total. The van der Waals surface area contributed by atoms with Crippen molar-refractivity contribution in [1.82, 2.24) is 9.97 Å². The van der Waals surface area contributed by atoms with Crippen LogP contribution in [-0.2, 0) is 4.79 Å². The van der Waals surface area contributed by atoms with Gasteiger partial charge in [-0.1, -0.05) is 12.6 Å². The van der Waals surface area contributed by atoms with Crippen molar-refractivity contribution in [1.29, 1.82) is 0 Å². The van der Waals surface area contributed by atoms with Crippen molar-refractivity contribution >= 4 is 35.2 Å². The van der Waals surface area contributed by atoms with E-state index in [1.54, 1.807) is 12.4 Å². The molecule has 0 atom stereocenters. The van der Waals surface area contributed by atoms with Gasteiger partial charge in [0.25, 0.3) is 0 Å². The van der Waals surface area contributed by atoms with Crippen LogP contribution in [0.5, 0.6) is 0 Å². The topological polar surface area (TPSA) is 68.9 Å². The number of carbonyl (C=O) groups is 1. The second kappa shape index (κ2) is 5.56. The van der Waals surface area contributed by atoms with Crippen LogP contribution in [0.1, 0.15) is 4.88 Å². The number of nitrogens with zero attached hydrogens (tertiary/aromatic N) is 2. The molecule has 2 aromatic heterocycles. The number of nitrogens with two attached hydrogens (primary N) is 1. The van der Waals surface area contributed by atoms with Gasteiger partial charge in [-0.15, -0.1) is 23.7 Å². The summed E-state index contributed by atoms with van der Waals surface area (Å²) in [5.41, 5.74) is 6.19. The third-order valence-electron chi connectivity index (χ3n) is 1.98. The van der Waals surface area contributed by atoms with E-state index in [1.165, 1.54) is 11.3 Å². The van der Waals surface area contributed by atoms with E-state index in [4.69, 9.17) is 5.73 Å². The molecule has 17 heavy (non-hydrogen) atoms. The summed E-state index contributed by atoms with van der Waals surface area (Å²) in [6, 6.07) is 5.57. The fourth-order valence-corrected chi connectivity index (χ4v) is 2.01. The number of hydrogen-bond acceptors (Lipinski definition) is 4. The van der Waals surface area contributed by atoms with Gasteiger partial charge in [-0.2, -0.15) is 0 Å². The quantitative estimate of drug-likeness (QED) is 0.866. The van der Waals surface area contributed by atoms with Crippen molar-refractivity contribution in [3.8, 4) is 10.7 Å². The first-order valence-electron chi connectivity index (χ1n) is 4.55. The van der Waals surface area contributed by atoms with Crippen molar-refractivity contribution in [3.05, 3.63) is 42.0 Å². The van der Waals surface area contributed by atoms with E-state index in [0.29, 0.717) is 4.88 Å². The first-order valence-corrected chi connectivity index (χ1v) is 5.36. The predicted molar refractivity (Wildman–Crippen MR) is 70.8 cm³/mol. The first-order chi connectivity index (χ1) is 7.68. The normalized spacial score (nSPS) is 9.41. The van der Waals surface area contributed by atoms with Crippen LogP contribution in [0.2, 0.25) is 0 Å². The maximum Gasteiger partial charge on any atom is 0.249 e. The third-order valence-corrected chi connectivity index (χ3v) is 3.06. The van der Waals surface area contributed by atoms with E-state index in [-0.39, 0.29) is 18.0 Å². The molecule has 4 nitrogen and oxygen atoms in total. The molecule has 1 amide bonds. The average molecular weight is 268 g/mol. The van der Waals surface area contributed by atoms with Crippen LogP contribution < -0.4 is 5.73 Å². The zero-order valence-corrected chi connectivity index (χ0v) is 10.4. The van der Waals surface area contributed by atoms with Gasteiger partial charge in [-0.25, -0.2) is 4.98 Å². The average Bonchev–Trinajstić information content (AvgIpc) is 2.78. The zero-order valence-electron chi connectivity index (χ0n) is 8.79. The van der Waals surface area contributed by atoms with Gasteiger partial charge >= 0.3 is 0 Å². The van der Waals surface area contributed by atoms with Crippen LogP contribution in [0, 0.1) is 0 Å². The van der Waals surface area contributed by atoms with Crippen molar-refractivity contribution in [2.75, 3.05) is 0 Å². The summed E-state index contributed by atoms with van der Waals surface area (Å²) in [4.78, 5) is 20.0. The van der Waals surface area contributed by atoms with Gasteiger partial charge in [-0.05, 0) is 12.1 Å². The number of primary amides is 1. The van der Waals surface area contributed by atoms with E-state index in [2.05, 4.69) is 16.5 Å². The summed E-state index contributed by atoms with van der Waals surface area (Å²) in [6.45, 7) is 3.61. The van der Waals surface area contributed by atoms with Crippen molar-refractivity contribution in [2.24, 2.45) is 5.73 Å². The Labute approximate surface area is 109 Å². The lowest BCUT2D eigenvalue weighted by Crippen LogP contribution is -2.10. The van der Waals surface area contributed by atoms with Gasteiger partial charge in [0.15, 0.2) is 0 Å². The second-order valence-corrected chi connectivity index (χ2v) is 4.12. The van der Waals surface area contributed by atoms with E-state index in [0.717, 1.165) is 10.7 Å². The smallest absolute Gasteiger partial charge is 0.249 e. The Morgan fingerprint density at radius 3 is 2.71 bits per heavy atom. The van der Waals surface area contributed by atoms with Gasteiger partial charge < -0.3 is 5.73 Å². The minimum atomic E-state index is -0.531. The molecule has 0 aliphatic carbocycles. The number of thiazole rings is 1. The molecule has 0 bridgehead atoms. The Kier molecular flexibility index (Phi) is 4.37. The molecule has 0 aliphatic heterocycles. The fraction of sp³-hybridized carbons (Fsp3) is 0. The van der Waals surface area contributed by atoms with Crippen LogP contribution in [-0.4, -0.2) is 15.9 Å². The summed E-state index contributed by atoms with van der Waals surface area (Å²) >= 11 is 1.35. The molecule has 2 rings (SSSR count). The molecule has 0 saturated carbocycles. The zero-order chi connectivity index (χ0) is 11.5. The lowest BCUT2D eigenvalue weighted by molar-refractivity contribution is -0.112. The highest BCUT2D eigenvalue weighted by Crippen LogP contribution is 2.26. The van der Waals surface area contributed by atoms with E-state index >= 15 is 0 Å². The molecule has 0 radical (unpaired) electrons. The minimum absolute atomic E-state index is 0. The maximum atomic E-state index is 10.9. The van der Waals surface area contributed by atoms with E-state index < -0.39 is 5.91 Å². The van der Waals surface area contributed by atoms with Crippen LogP contribution >= 0.6 is 23.7 Å². The largest absolute Gasteiger partial charge is 0.366 e. The van der Waals surface area contributed by atoms with Crippen molar-refractivity contribution in [3.63, 3.8) is 0 Å².